The Morgan fingerprint density at radius 3 is 2.42 bits per heavy atom. The van der Waals surface area contributed by atoms with Crippen LogP contribution in [-0.2, 0) is 19.1 Å². The first-order valence-corrected chi connectivity index (χ1v) is 12.7. The number of ether oxygens (including phenoxy) is 2. The molecule has 0 spiro atoms. The van der Waals surface area contributed by atoms with Gasteiger partial charge in [-0.2, -0.15) is 0 Å². The highest BCUT2D eigenvalue weighted by molar-refractivity contribution is 6.26. The van der Waals surface area contributed by atoms with E-state index >= 15 is 0 Å². The van der Waals surface area contributed by atoms with Gasteiger partial charge in [0.2, 0.25) is 0 Å². The molecular weight excluding hydrogens is 416 g/mol. The number of carbonyl (C=O) groups is 2. The molecule has 10 atom stereocenters. The molecule has 4 saturated carbocycles. The summed E-state index contributed by atoms with van der Waals surface area (Å²) < 4.78 is 12.0. The fourth-order valence-electron chi connectivity index (χ4n) is 8.71. The highest BCUT2D eigenvalue weighted by Gasteiger charge is 2.65. The average molecular weight is 455 g/mol. The molecule has 4 aliphatic rings. The number of Topliss-reactive ketones (excluding diaryl/α,β-unsaturated/α-hetero) is 1. The van der Waals surface area contributed by atoms with Gasteiger partial charge >= 0.3 is 5.97 Å². The molecule has 0 radical (unpaired) electrons. The second kappa shape index (κ2) is 8.61. The SMILES string of the molecule is CCO[C@H]1C[C@@]2(C)[C@@H](CC[C@@H]3[C@@H]2[C@@H](OC(=O)CCl)C[C@]2(C)[C@@H](C(C)=O)CC[C@@H]32)C[C@@H]1O. The van der Waals surface area contributed by atoms with Gasteiger partial charge in [0.25, 0.3) is 0 Å². The van der Waals surface area contributed by atoms with Crippen LogP contribution in [-0.4, -0.2) is 47.7 Å². The first-order valence-electron chi connectivity index (χ1n) is 12.2. The highest BCUT2D eigenvalue weighted by atomic mass is 35.5. The Morgan fingerprint density at radius 2 is 1.77 bits per heavy atom. The number of hydrogen-bond acceptors (Lipinski definition) is 5. The third-order valence-electron chi connectivity index (χ3n) is 9.83. The number of esters is 1. The van der Waals surface area contributed by atoms with Crippen molar-refractivity contribution in [1.29, 1.82) is 0 Å². The number of carbonyl (C=O) groups excluding carboxylic acids is 2. The zero-order chi connectivity index (χ0) is 22.6. The lowest BCUT2D eigenvalue weighted by Crippen LogP contribution is -2.62. The topological polar surface area (TPSA) is 72.8 Å². The van der Waals surface area contributed by atoms with Gasteiger partial charge in [-0.05, 0) is 87.4 Å². The van der Waals surface area contributed by atoms with E-state index in [1.54, 1.807) is 6.92 Å². The quantitative estimate of drug-likeness (QED) is 0.493. The van der Waals surface area contributed by atoms with Crippen LogP contribution in [0, 0.1) is 40.4 Å². The number of rotatable bonds is 5. The summed E-state index contributed by atoms with van der Waals surface area (Å²) in [6, 6.07) is 0. The van der Waals surface area contributed by atoms with Crippen LogP contribution in [0.5, 0.6) is 0 Å². The van der Waals surface area contributed by atoms with Crippen LogP contribution in [0.3, 0.4) is 0 Å². The Balaban J connectivity index is 1.72. The Labute approximate surface area is 191 Å². The van der Waals surface area contributed by atoms with Crippen LogP contribution >= 0.6 is 11.6 Å². The van der Waals surface area contributed by atoms with Crippen molar-refractivity contribution in [1.82, 2.24) is 0 Å². The van der Waals surface area contributed by atoms with E-state index in [0.29, 0.717) is 24.4 Å². The van der Waals surface area contributed by atoms with Crippen molar-refractivity contribution in [2.24, 2.45) is 40.4 Å². The number of alkyl halides is 1. The van der Waals surface area contributed by atoms with Gasteiger partial charge in [0.05, 0.1) is 12.2 Å². The van der Waals surface area contributed by atoms with Gasteiger partial charge in [-0.15, -0.1) is 11.6 Å². The average Bonchev–Trinajstić information content (AvgIpc) is 3.05. The monoisotopic (exact) mass is 454 g/mol. The lowest BCUT2D eigenvalue weighted by atomic mass is 9.43. The third kappa shape index (κ3) is 3.77. The molecule has 0 aromatic carbocycles. The standard InChI is InChI=1S/C25H39ClO5/c1-5-30-20-11-24(3)15(10-19(20)28)6-7-16-18-9-8-17(14(2)27)25(18,4)12-21(23(16)24)31-22(29)13-26/h15-21,23,28H,5-13H2,1-4H3/t15-,16-,17+,18-,19-,20-,21-,23+,24-,25+/m0/s1. The molecule has 0 heterocycles. The molecule has 0 aromatic heterocycles. The van der Waals surface area contributed by atoms with E-state index in [-0.39, 0.29) is 52.5 Å². The fraction of sp³-hybridized carbons (Fsp3) is 0.920. The van der Waals surface area contributed by atoms with Gasteiger partial charge in [-0.1, -0.05) is 13.8 Å². The number of aliphatic hydroxyl groups excluding tert-OH is 1. The molecule has 4 rings (SSSR count). The molecule has 1 N–H and O–H groups in total. The molecule has 5 nitrogen and oxygen atoms in total. The van der Waals surface area contributed by atoms with Crippen LogP contribution in [0.15, 0.2) is 0 Å². The van der Waals surface area contributed by atoms with E-state index in [4.69, 9.17) is 21.1 Å². The predicted molar refractivity (Wildman–Crippen MR) is 119 cm³/mol. The number of aliphatic hydroxyl groups is 1. The number of ketones is 1. The van der Waals surface area contributed by atoms with Gasteiger partial charge in [0, 0.05) is 18.4 Å². The van der Waals surface area contributed by atoms with Crippen LogP contribution in [0.25, 0.3) is 0 Å². The van der Waals surface area contributed by atoms with Crippen LogP contribution in [0.2, 0.25) is 0 Å². The maximum Gasteiger partial charge on any atom is 0.321 e. The zero-order valence-corrected chi connectivity index (χ0v) is 20.2. The van der Waals surface area contributed by atoms with Crippen molar-refractivity contribution in [2.75, 3.05) is 12.5 Å². The fourth-order valence-corrected chi connectivity index (χ4v) is 8.77. The molecule has 0 unspecified atom stereocenters. The largest absolute Gasteiger partial charge is 0.461 e. The van der Waals surface area contributed by atoms with E-state index < -0.39 is 6.10 Å². The minimum atomic E-state index is -0.430. The Kier molecular flexibility index (Phi) is 6.53. The lowest BCUT2D eigenvalue weighted by Gasteiger charge is -2.63. The number of fused-ring (bicyclic) bond motifs is 5. The van der Waals surface area contributed by atoms with Crippen molar-refractivity contribution < 1.29 is 24.2 Å². The maximum absolute atomic E-state index is 12.5. The summed E-state index contributed by atoms with van der Waals surface area (Å²) in [4.78, 5) is 24.9. The summed E-state index contributed by atoms with van der Waals surface area (Å²) in [5.74, 6) is 1.32. The summed E-state index contributed by atoms with van der Waals surface area (Å²) >= 11 is 5.85. The molecule has 6 heteroatoms. The second-order valence-electron chi connectivity index (χ2n) is 11.2. The smallest absolute Gasteiger partial charge is 0.321 e. The summed E-state index contributed by atoms with van der Waals surface area (Å²) in [6.07, 6.45) is 5.63. The van der Waals surface area contributed by atoms with Crippen LogP contribution < -0.4 is 0 Å². The van der Waals surface area contributed by atoms with E-state index in [2.05, 4.69) is 13.8 Å². The first kappa shape index (κ1) is 23.5. The summed E-state index contributed by atoms with van der Waals surface area (Å²) in [5, 5.41) is 10.7. The van der Waals surface area contributed by atoms with Gasteiger partial charge < -0.3 is 14.6 Å². The van der Waals surface area contributed by atoms with Crippen molar-refractivity contribution in [3.63, 3.8) is 0 Å². The Hall–Kier alpha value is -0.650. The van der Waals surface area contributed by atoms with Crippen molar-refractivity contribution in [2.45, 2.75) is 91.0 Å². The molecule has 0 saturated heterocycles. The van der Waals surface area contributed by atoms with Crippen LogP contribution in [0.4, 0.5) is 0 Å². The van der Waals surface area contributed by atoms with Gasteiger partial charge in [0.15, 0.2) is 0 Å². The van der Waals surface area contributed by atoms with Gasteiger partial charge in [-0.25, -0.2) is 0 Å². The second-order valence-corrected chi connectivity index (χ2v) is 11.5. The van der Waals surface area contributed by atoms with E-state index in [1.807, 2.05) is 6.92 Å². The van der Waals surface area contributed by atoms with E-state index in [9.17, 15) is 14.7 Å². The molecule has 0 aliphatic heterocycles. The number of hydrogen-bond donors (Lipinski definition) is 1. The van der Waals surface area contributed by atoms with Crippen molar-refractivity contribution in [3.8, 4) is 0 Å². The molecule has 0 aromatic rings. The molecule has 0 amide bonds. The molecule has 0 bridgehead atoms. The molecule has 31 heavy (non-hydrogen) atoms. The third-order valence-corrected chi connectivity index (χ3v) is 10.0. The minimum Gasteiger partial charge on any atom is -0.461 e. The summed E-state index contributed by atoms with van der Waals surface area (Å²) in [7, 11) is 0. The van der Waals surface area contributed by atoms with E-state index in [1.165, 1.54) is 0 Å². The Morgan fingerprint density at radius 1 is 1.06 bits per heavy atom. The summed E-state index contributed by atoms with van der Waals surface area (Å²) in [6.45, 7) is 8.88. The molecule has 176 valence electrons. The molecule has 4 aliphatic carbocycles. The van der Waals surface area contributed by atoms with Crippen molar-refractivity contribution >= 4 is 23.4 Å². The van der Waals surface area contributed by atoms with Gasteiger partial charge in [-0.3, -0.25) is 9.59 Å². The summed E-state index contributed by atoms with van der Waals surface area (Å²) in [5.41, 5.74) is -0.185. The zero-order valence-electron chi connectivity index (χ0n) is 19.4. The molecule has 4 fully saturated rings. The molecular formula is C25H39ClO5. The van der Waals surface area contributed by atoms with Crippen molar-refractivity contribution in [3.05, 3.63) is 0 Å². The highest BCUT2D eigenvalue weighted by Crippen LogP contribution is 2.68. The normalized spacial score (nSPS) is 49.0. The predicted octanol–water partition coefficient (Wildman–Crippen LogP) is 4.37. The lowest BCUT2D eigenvalue weighted by molar-refractivity contribution is -0.212. The van der Waals surface area contributed by atoms with Crippen LogP contribution in [0.1, 0.15) is 72.6 Å². The van der Waals surface area contributed by atoms with E-state index in [0.717, 1.165) is 44.9 Å². The first-order chi connectivity index (χ1) is 14.7. The minimum absolute atomic E-state index is 0.0468. The maximum atomic E-state index is 12.5. The van der Waals surface area contributed by atoms with Gasteiger partial charge in [0.1, 0.15) is 17.8 Å². The Bertz CT molecular complexity index is 712. The number of halogens is 1.